The summed E-state index contributed by atoms with van der Waals surface area (Å²) >= 11 is 4.52. The Morgan fingerprint density at radius 3 is 2.67 bits per heavy atom. The standard InChI is InChI=1S/C10H10BrNO2S/c11-8-3-1-2-7(4-8)9(13)5-15-6-10(12)14/h1-4H,5-6H2,(H2,12,14). The molecule has 15 heavy (non-hydrogen) atoms. The number of carbonyl (C=O) groups excluding carboxylic acids is 2. The number of carbonyl (C=O) groups is 2. The molecule has 0 atom stereocenters. The Kier molecular flexibility index (Phi) is 4.84. The highest BCUT2D eigenvalue weighted by Gasteiger charge is 2.06. The maximum Gasteiger partial charge on any atom is 0.227 e. The van der Waals surface area contributed by atoms with Crippen LogP contribution in [0.4, 0.5) is 0 Å². The molecule has 2 N–H and O–H groups in total. The molecule has 0 unspecified atom stereocenters. The predicted molar refractivity (Wildman–Crippen MR) is 65.0 cm³/mol. The van der Waals surface area contributed by atoms with Gasteiger partial charge in [0, 0.05) is 10.0 Å². The fourth-order valence-corrected chi connectivity index (χ4v) is 2.04. The third-order valence-corrected chi connectivity index (χ3v) is 3.07. The van der Waals surface area contributed by atoms with Crippen molar-refractivity contribution in [2.45, 2.75) is 0 Å². The number of ketones is 1. The summed E-state index contributed by atoms with van der Waals surface area (Å²) < 4.78 is 0.869. The molecule has 1 aromatic carbocycles. The van der Waals surface area contributed by atoms with Gasteiger partial charge in [0.2, 0.25) is 5.91 Å². The van der Waals surface area contributed by atoms with Crippen molar-refractivity contribution >= 4 is 39.4 Å². The van der Waals surface area contributed by atoms with Crippen LogP contribution in [0, 0.1) is 0 Å². The Balaban J connectivity index is 2.50. The van der Waals surface area contributed by atoms with Crippen LogP contribution in [0.5, 0.6) is 0 Å². The monoisotopic (exact) mass is 287 g/mol. The molecule has 5 heteroatoms. The van der Waals surface area contributed by atoms with Crippen LogP contribution in [0.25, 0.3) is 0 Å². The first-order valence-electron chi connectivity index (χ1n) is 4.24. The Bertz CT molecular complexity index is 381. The van der Waals surface area contributed by atoms with Gasteiger partial charge in [0.25, 0.3) is 0 Å². The summed E-state index contributed by atoms with van der Waals surface area (Å²) in [6, 6.07) is 7.16. The average Bonchev–Trinajstić information content (AvgIpc) is 2.17. The van der Waals surface area contributed by atoms with E-state index in [-0.39, 0.29) is 17.3 Å². The van der Waals surface area contributed by atoms with Crippen LogP contribution in [0.2, 0.25) is 0 Å². The van der Waals surface area contributed by atoms with E-state index in [0.717, 1.165) is 4.47 Å². The van der Waals surface area contributed by atoms with Gasteiger partial charge >= 0.3 is 0 Å². The normalized spacial score (nSPS) is 9.93. The fourth-order valence-electron chi connectivity index (χ4n) is 0.990. The zero-order valence-electron chi connectivity index (χ0n) is 7.90. The number of nitrogens with two attached hydrogens (primary N) is 1. The van der Waals surface area contributed by atoms with Gasteiger partial charge < -0.3 is 5.73 Å². The van der Waals surface area contributed by atoms with Crippen molar-refractivity contribution in [1.82, 2.24) is 0 Å². The number of amides is 1. The lowest BCUT2D eigenvalue weighted by Crippen LogP contribution is -2.15. The molecule has 1 aromatic rings. The van der Waals surface area contributed by atoms with Gasteiger partial charge in [0.15, 0.2) is 5.78 Å². The Hall–Kier alpha value is -0.810. The van der Waals surface area contributed by atoms with E-state index in [1.165, 1.54) is 11.8 Å². The summed E-state index contributed by atoms with van der Waals surface area (Å²) in [6.07, 6.45) is 0. The van der Waals surface area contributed by atoms with Crippen molar-refractivity contribution in [3.05, 3.63) is 34.3 Å². The number of hydrogen-bond acceptors (Lipinski definition) is 3. The molecule has 3 nitrogen and oxygen atoms in total. The molecule has 0 bridgehead atoms. The summed E-state index contributed by atoms with van der Waals surface area (Å²) in [5, 5.41) is 0. The minimum absolute atomic E-state index is 0.00236. The minimum Gasteiger partial charge on any atom is -0.369 e. The first-order chi connectivity index (χ1) is 7.09. The van der Waals surface area contributed by atoms with E-state index in [1.54, 1.807) is 18.2 Å². The molecule has 0 aromatic heterocycles. The van der Waals surface area contributed by atoms with Crippen LogP contribution in [0.3, 0.4) is 0 Å². The van der Waals surface area contributed by atoms with Crippen LogP contribution < -0.4 is 5.73 Å². The molecular weight excluding hydrogens is 278 g/mol. The van der Waals surface area contributed by atoms with Crippen molar-refractivity contribution in [2.75, 3.05) is 11.5 Å². The van der Waals surface area contributed by atoms with Gasteiger partial charge in [-0.3, -0.25) is 9.59 Å². The average molecular weight is 288 g/mol. The molecule has 1 rings (SSSR count). The fraction of sp³-hybridized carbons (Fsp3) is 0.200. The highest BCUT2D eigenvalue weighted by molar-refractivity contribution is 9.10. The van der Waals surface area contributed by atoms with Gasteiger partial charge in [-0.25, -0.2) is 0 Å². The number of benzene rings is 1. The third-order valence-electron chi connectivity index (χ3n) is 1.62. The minimum atomic E-state index is -0.401. The van der Waals surface area contributed by atoms with E-state index < -0.39 is 5.91 Å². The molecule has 0 aliphatic rings. The van der Waals surface area contributed by atoms with Gasteiger partial charge in [-0.2, -0.15) is 0 Å². The van der Waals surface area contributed by atoms with Crippen molar-refractivity contribution in [2.24, 2.45) is 5.73 Å². The molecule has 0 aliphatic carbocycles. The summed E-state index contributed by atoms with van der Waals surface area (Å²) in [6.45, 7) is 0. The van der Waals surface area contributed by atoms with Crippen LogP contribution in [-0.4, -0.2) is 23.2 Å². The van der Waals surface area contributed by atoms with Crippen molar-refractivity contribution in [1.29, 1.82) is 0 Å². The largest absolute Gasteiger partial charge is 0.369 e. The second-order valence-electron chi connectivity index (χ2n) is 2.89. The second kappa shape index (κ2) is 5.92. The SMILES string of the molecule is NC(=O)CSCC(=O)c1cccc(Br)c1. The molecule has 0 radical (unpaired) electrons. The van der Waals surface area contributed by atoms with E-state index in [1.807, 2.05) is 6.07 Å². The maximum absolute atomic E-state index is 11.6. The van der Waals surface area contributed by atoms with Crippen LogP contribution in [0.1, 0.15) is 10.4 Å². The molecule has 0 heterocycles. The van der Waals surface area contributed by atoms with Gasteiger partial charge in [-0.1, -0.05) is 28.1 Å². The number of primary amides is 1. The zero-order chi connectivity index (χ0) is 11.3. The van der Waals surface area contributed by atoms with E-state index in [0.29, 0.717) is 5.56 Å². The molecule has 0 saturated heterocycles. The second-order valence-corrected chi connectivity index (χ2v) is 4.79. The number of hydrogen-bond donors (Lipinski definition) is 1. The summed E-state index contributed by atoms with van der Waals surface area (Å²) in [5.74, 6) is 0.0590. The molecular formula is C10H10BrNO2S. The van der Waals surface area contributed by atoms with Crippen LogP contribution in [-0.2, 0) is 4.79 Å². The quantitative estimate of drug-likeness (QED) is 0.841. The molecule has 0 spiro atoms. The predicted octanol–water partition coefficient (Wildman–Crippen LogP) is 1.85. The highest BCUT2D eigenvalue weighted by atomic mass is 79.9. The van der Waals surface area contributed by atoms with Gasteiger partial charge in [-0.15, -0.1) is 11.8 Å². The lowest BCUT2D eigenvalue weighted by atomic mass is 10.2. The lowest BCUT2D eigenvalue weighted by Gasteiger charge is -2.00. The molecule has 0 saturated carbocycles. The zero-order valence-corrected chi connectivity index (χ0v) is 10.3. The van der Waals surface area contributed by atoms with Crippen molar-refractivity contribution < 1.29 is 9.59 Å². The van der Waals surface area contributed by atoms with E-state index in [2.05, 4.69) is 15.9 Å². The van der Waals surface area contributed by atoms with Crippen LogP contribution in [0.15, 0.2) is 28.7 Å². The topological polar surface area (TPSA) is 60.2 Å². The smallest absolute Gasteiger partial charge is 0.227 e. The molecule has 1 amide bonds. The molecule has 80 valence electrons. The van der Waals surface area contributed by atoms with Crippen LogP contribution >= 0.6 is 27.7 Å². The lowest BCUT2D eigenvalue weighted by molar-refractivity contribution is -0.115. The van der Waals surface area contributed by atoms with E-state index in [4.69, 9.17) is 5.73 Å². The Morgan fingerprint density at radius 1 is 1.33 bits per heavy atom. The Morgan fingerprint density at radius 2 is 2.07 bits per heavy atom. The number of thioether (sulfide) groups is 1. The van der Waals surface area contributed by atoms with Gasteiger partial charge in [0.1, 0.15) is 0 Å². The molecule has 0 fully saturated rings. The summed E-state index contributed by atoms with van der Waals surface area (Å²) in [5.41, 5.74) is 5.60. The van der Waals surface area contributed by atoms with Crippen molar-refractivity contribution in [3.8, 4) is 0 Å². The third kappa shape index (κ3) is 4.48. The first-order valence-corrected chi connectivity index (χ1v) is 6.19. The van der Waals surface area contributed by atoms with Crippen molar-refractivity contribution in [3.63, 3.8) is 0 Å². The number of Topliss-reactive ketones (excluding diaryl/α,β-unsaturated/α-hetero) is 1. The number of halogens is 1. The van der Waals surface area contributed by atoms with E-state index >= 15 is 0 Å². The highest BCUT2D eigenvalue weighted by Crippen LogP contribution is 2.13. The number of rotatable bonds is 5. The summed E-state index contributed by atoms with van der Waals surface area (Å²) in [4.78, 5) is 22.0. The first kappa shape index (κ1) is 12.3. The summed E-state index contributed by atoms with van der Waals surface area (Å²) in [7, 11) is 0. The van der Waals surface area contributed by atoms with E-state index in [9.17, 15) is 9.59 Å². The van der Waals surface area contributed by atoms with Gasteiger partial charge in [-0.05, 0) is 12.1 Å². The molecule has 0 aliphatic heterocycles. The Labute approximate surface area is 101 Å². The maximum atomic E-state index is 11.6. The van der Waals surface area contributed by atoms with Gasteiger partial charge in [0.05, 0.1) is 11.5 Å².